The van der Waals surface area contributed by atoms with E-state index in [-0.39, 0.29) is 0 Å². The van der Waals surface area contributed by atoms with Gasteiger partial charge in [-0.1, -0.05) is 18.0 Å². The average Bonchev–Trinajstić information content (AvgIpc) is 2.26. The maximum absolute atomic E-state index is 5.61. The molecule has 15 heavy (non-hydrogen) atoms. The summed E-state index contributed by atoms with van der Waals surface area (Å²) in [6.07, 6.45) is 3.02. The Kier molecular flexibility index (Phi) is 6.04. The molecule has 4 heteroatoms. The highest BCUT2D eigenvalue weighted by molar-refractivity contribution is 7.99. The van der Waals surface area contributed by atoms with Crippen LogP contribution >= 0.6 is 11.9 Å². The van der Waals surface area contributed by atoms with E-state index >= 15 is 0 Å². The summed E-state index contributed by atoms with van der Waals surface area (Å²) in [5.41, 5.74) is 1.08. The fraction of sp³-hybridized carbons (Fsp3) is 0.455. The molecule has 84 valence electrons. The average molecular weight is 226 g/mol. The smallest absolute Gasteiger partial charge is 0.121 e. The lowest BCUT2D eigenvalue weighted by atomic mass is 10.3. The lowest BCUT2D eigenvalue weighted by Gasteiger charge is -2.08. The molecule has 1 aromatic carbocycles. The van der Waals surface area contributed by atoms with Crippen molar-refractivity contribution >= 4 is 17.6 Å². The van der Waals surface area contributed by atoms with Gasteiger partial charge in [0.1, 0.15) is 5.75 Å². The number of anilines is 1. The summed E-state index contributed by atoms with van der Waals surface area (Å²) >= 11 is 1.58. The largest absolute Gasteiger partial charge is 0.493 e. The lowest BCUT2D eigenvalue weighted by Crippen LogP contribution is -2.11. The molecule has 0 saturated heterocycles. The Bertz CT molecular complexity index is 281. The van der Waals surface area contributed by atoms with Crippen molar-refractivity contribution in [2.24, 2.45) is 0 Å². The maximum Gasteiger partial charge on any atom is 0.121 e. The van der Waals surface area contributed by atoms with Gasteiger partial charge in [0.15, 0.2) is 0 Å². The summed E-state index contributed by atoms with van der Waals surface area (Å²) in [4.78, 5) is 0. The molecule has 0 heterocycles. The fourth-order valence-corrected chi connectivity index (χ4v) is 1.57. The van der Waals surface area contributed by atoms with Crippen LogP contribution in [-0.2, 0) is 0 Å². The second kappa shape index (κ2) is 7.43. The highest BCUT2D eigenvalue weighted by Crippen LogP contribution is 2.19. The van der Waals surface area contributed by atoms with E-state index in [0.29, 0.717) is 0 Å². The Morgan fingerprint density at radius 3 is 3.00 bits per heavy atom. The summed E-state index contributed by atoms with van der Waals surface area (Å²) in [7, 11) is 1.95. The van der Waals surface area contributed by atoms with E-state index in [1.54, 1.807) is 11.9 Å². The van der Waals surface area contributed by atoms with Crippen molar-refractivity contribution < 1.29 is 4.74 Å². The van der Waals surface area contributed by atoms with Crippen LogP contribution in [0.2, 0.25) is 0 Å². The first kappa shape index (κ1) is 12.2. The molecule has 0 atom stereocenters. The quantitative estimate of drug-likeness (QED) is 0.552. The first-order chi connectivity index (χ1) is 7.36. The minimum absolute atomic E-state index is 0.754. The van der Waals surface area contributed by atoms with E-state index in [1.165, 1.54) is 0 Å². The third kappa shape index (κ3) is 4.95. The number of hydrogen-bond acceptors (Lipinski definition) is 4. The Hall–Kier alpha value is -0.870. The van der Waals surface area contributed by atoms with Crippen LogP contribution in [0.15, 0.2) is 24.3 Å². The molecular formula is C11H18N2OS. The van der Waals surface area contributed by atoms with Gasteiger partial charge in [0.05, 0.1) is 6.61 Å². The maximum atomic E-state index is 5.61. The molecule has 0 unspecified atom stereocenters. The van der Waals surface area contributed by atoms with Gasteiger partial charge in [0, 0.05) is 18.0 Å². The molecule has 0 amide bonds. The zero-order valence-electron chi connectivity index (χ0n) is 9.25. The van der Waals surface area contributed by atoms with E-state index in [1.807, 2.05) is 37.6 Å². The summed E-state index contributed by atoms with van der Waals surface area (Å²) in [6.45, 7) is 1.74. The second-order valence-electron chi connectivity index (χ2n) is 3.14. The molecule has 0 aliphatic carbocycles. The van der Waals surface area contributed by atoms with Crippen LogP contribution in [0.4, 0.5) is 5.69 Å². The van der Waals surface area contributed by atoms with Crippen LogP contribution in [-0.4, -0.2) is 26.5 Å². The van der Waals surface area contributed by atoms with Gasteiger partial charge in [-0.05, 0) is 32.1 Å². The first-order valence-corrected chi connectivity index (χ1v) is 6.25. The standard InChI is InChI=1S/C11H18N2OS/c1-12-7-4-8-14-11-6-3-5-10(9-11)13-15-2/h3,5-6,9,12-13H,4,7-8H2,1-2H3. The fourth-order valence-electron chi connectivity index (χ4n) is 1.21. The highest BCUT2D eigenvalue weighted by atomic mass is 32.2. The van der Waals surface area contributed by atoms with Crippen LogP contribution in [0, 0.1) is 0 Å². The Balaban J connectivity index is 2.36. The van der Waals surface area contributed by atoms with E-state index in [4.69, 9.17) is 4.74 Å². The normalized spacial score (nSPS) is 10.0. The zero-order chi connectivity index (χ0) is 10.9. The van der Waals surface area contributed by atoms with Gasteiger partial charge in [-0.15, -0.1) is 0 Å². The van der Waals surface area contributed by atoms with Crippen LogP contribution in [0.25, 0.3) is 0 Å². The molecule has 3 nitrogen and oxygen atoms in total. The van der Waals surface area contributed by atoms with Crippen molar-refractivity contribution in [3.05, 3.63) is 24.3 Å². The monoisotopic (exact) mass is 226 g/mol. The van der Waals surface area contributed by atoms with Gasteiger partial charge in [0.2, 0.25) is 0 Å². The SMILES string of the molecule is CNCCCOc1cccc(NSC)c1. The zero-order valence-corrected chi connectivity index (χ0v) is 10.1. The van der Waals surface area contributed by atoms with Crippen molar-refractivity contribution in [1.29, 1.82) is 0 Å². The number of ether oxygens (including phenoxy) is 1. The molecule has 0 aromatic heterocycles. The van der Waals surface area contributed by atoms with Crippen molar-refractivity contribution in [2.45, 2.75) is 6.42 Å². The van der Waals surface area contributed by atoms with Gasteiger partial charge in [-0.25, -0.2) is 0 Å². The molecule has 0 aliphatic rings. The van der Waals surface area contributed by atoms with E-state index in [9.17, 15) is 0 Å². The summed E-state index contributed by atoms with van der Waals surface area (Å²) < 4.78 is 8.78. The Morgan fingerprint density at radius 2 is 2.27 bits per heavy atom. The molecule has 0 fully saturated rings. The van der Waals surface area contributed by atoms with E-state index in [2.05, 4.69) is 10.0 Å². The highest BCUT2D eigenvalue weighted by Gasteiger charge is 1.95. The van der Waals surface area contributed by atoms with Crippen molar-refractivity contribution in [3.63, 3.8) is 0 Å². The van der Waals surface area contributed by atoms with Gasteiger partial charge in [-0.3, -0.25) is 0 Å². The third-order valence-electron chi connectivity index (χ3n) is 1.89. The molecular weight excluding hydrogens is 208 g/mol. The third-order valence-corrected chi connectivity index (χ3v) is 2.33. The van der Waals surface area contributed by atoms with Crippen LogP contribution in [0.1, 0.15) is 6.42 Å². The van der Waals surface area contributed by atoms with Crippen LogP contribution in [0.3, 0.4) is 0 Å². The minimum Gasteiger partial charge on any atom is -0.493 e. The molecule has 0 aliphatic heterocycles. The lowest BCUT2D eigenvalue weighted by molar-refractivity contribution is 0.310. The van der Waals surface area contributed by atoms with Gasteiger partial charge < -0.3 is 14.8 Å². The molecule has 2 N–H and O–H groups in total. The van der Waals surface area contributed by atoms with Crippen molar-refractivity contribution in [2.75, 3.05) is 31.2 Å². The second-order valence-corrected chi connectivity index (χ2v) is 3.75. The molecule has 0 bridgehead atoms. The molecule has 1 aromatic rings. The number of rotatable bonds is 7. The van der Waals surface area contributed by atoms with Gasteiger partial charge >= 0.3 is 0 Å². The predicted molar refractivity (Wildman–Crippen MR) is 67.6 cm³/mol. The Labute approximate surface area is 95.7 Å². The molecule has 0 saturated carbocycles. The Morgan fingerprint density at radius 1 is 1.40 bits per heavy atom. The minimum atomic E-state index is 0.754. The summed E-state index contributed by atoms with van der Waals surface area (Å²) in [6, 6.07) is 8.00. The molecule has 0 spiro atoms. The van der Waals surface area contributed by atoms with Gasteiger partial charge in [0.25, 0.3) is 0 Å². The first-order valence-electron chi connectivity index (χ1n) is 5.03. The summed E-state index contributed by atoms with van der Waals surface area (Å²) in [5.74, 6) is 0.921. The van der Waals surface area contributed by atoms with Crippen LogP contribution in [0.5, 0.6) is 5.75 Å². The van der Waals surface area contributed by atoms with E-state index in [0.717, 1.165) is 31.0 Å². The number of nitrogens with one attached hydrogen (secondary N) is 2. The van der Waals surface area contributed by atoms with Crippen LogP contribution < -0.4 is 14.8 Å². The number of hydrogen-bond donors (Lipinski definition) is 2. The molecule has 1 rings (SSSR count). The topological polar surface area (TPSA) is 33.3 Å². The predicted octanol–water partition coefficient (Wildman–Crippen LogP) is 2.36. The summed E-state index contributed by atoms with van der Waals surface area (Å²) in [5, 5.41) is 3.09. The van der Waals surface area contributed by atoms with E-state index < -0.39 is 0 Å². The van der Waals surface area contributed by atoms with Crippen molar-refractivity contribution in [1.82, 2.24) is 5.32 Å². The number of benzene rings is 1. The molecule has 0 radical (unpaired) electrons. The van der Waals surface area contributed by atoms with Gasteiger partial charge in [-0.2, -0.15) is 0 Å². The van der Waals surface area contributed by atoms with Crippen molar-refractivity contribution in [3.8, 4) is 5.75 Å².